The number of carboxylic acids is 1. The third-order valence-corrected chi connectivity index (χ3v) is 4.07. The van der Waals surface area contributed by atoms with Crippen molar-refractivity contribution in [2.75, 3.05) is 6.54 Å². The molecule has 0 aromatic heterocycles. The van der Waals surface area contributed by atoms with Gasteiger partial charge >= 0.3 is 5.97 Å². The zero-order valence-corrected chi connectivity index (χ0v) is 10.5. The summed E-state index contributed by atoms with van der Waals surface area (Å²) in [7, 11) is 0. The number of likely N-dealkylation sites (tertiary alicyclic amines) is 1. The normalized spacial score (nSPS) is 22.8. The van der Waals surface area contributed by atoms with Crippen LogP contribution in [-0.4, -0.2) is 34.3 Å². The standard InChI is InChI=1S/C13H19NO4/c15-10-9-13(6-2-1-3-7-13)12(18)14(10)8-4-5-11(16)17/h1-9H2,(H,16,17). The van der Waals surface area contributed by atoms with Crippen molar-refractivity contribution in [3.05, 3.63) is 0 Å². The van der Waals surface area contributed by atoms with E-state index in [4.69, 9.17) is 5.11 Å². The van der Waals surface area contributed by atoms with Crippen LogP contribution in [0.2, 0.25) is 0 Å². The van der Waals surface area contributed by atoms with E-state index >= 15 is 0 Å². The number of nitrogens with zero attached hydrogens (tertiary/aromatic N) is 1. The lowest BCUT2D eigenvalue weighted by molar-refractivity contribution is -0.143. The van der Waals surface area contributed by atoms with Gasteiger partial charge in [0.1, 0.15) is 0 Å². The first-order valence-electron chi connectivity index (χ1n) is 6.62. The molecule has 1 heterocycles. The van der Waals surface area contributed by atoms with Crippen LogP contribution in [0.4, 0.5) is 0 Å². The molecule has 2 aliphatic rings. The fraction of sp³-hybridized carbons (Fsp3) is 0.769. The molecular formula is C13H19NO4. The number of carbonyl (C=O) groups excluding carboxylic acids is 2. The van der Waals surface area contributed by atoms with Crippen molar-refractivity contribution in [2.45, 2.75) is 51.4 Å². The quantitative estimate of drug-likeness (QED) is 0.771. The molecule has 2 fully saturated rings. The highest BCUT2D eigenvalue weighted by molar-refractivity contribution is 6.05. The Kier molecular flexibility index (Phi) is 3.68. The van der Waals surface area contributed by atoms with E-state index in [1.807, 2.05) is 0 Å². The molecule has 0 aromatic carbocycles. The van der Waals surface area contributed by atoms with Crippen LogP contribution in [0.1, 0.15) is 51.4 Å². The summed E-state index contributed by atoms with van der Waals surface area (Å²) in [6.45, 7) is 0.256. The fourth-order valence-corrected chi connectivity index (χ4v) is 3.09. The number of rotatable bonds is 4. The van der Waals surface area contributed by atoms with E-state index in [2.05, 4.69) is 0 Å². The highest BCUT2D eigenvalue weighted by Crippen LogP contribution is 2.45. The molecule has 0 radical (unpaired) electrons. The Balaban J connectivity index is 1.98. The SMILES string of the molecule is O=C(O)CCCN1C(=O)CC2(CCCCC2)C1=O. The first-order valence-corrected chi connectivity index (χ1v) is 6.62. The van der Waals surface area contributed by atoms with Gasteiger partial charge in [0.15, 0.2) is 0 Å². The second-order valence-corrected chi connectivity index (χ2v) is 5.37. The van der Waals surface area contributed by atoms with Gasteiger partial charge in [-0.3, -0.25) is 19.3 Å². The molecule has 2 amide bonds. The van der Waals surface area contributed by atoms with E-state index < -0.39 is 11.4 Å². The van der Waals surface area contributed by atoms with E-state index in [1.54, 1.807) is 0 Å². The molecule has 100 valence electrons. The van der Waals surface area contributed by atoms with Gasteiger partial charge < -0.3 is 5.11 Å². The van der Waals surface area contributed by atoms with E-state index in [1.165, 1.54) is 4.90 Å². The molecule has 0 atom stereocenters. The van der Waals surface area contributed by atoms with Crippen molar-refractivity contribution < 1.29 is 19.5 Å². The van der Waals surface area contributed by atoms with E-state index in [0.717, 1.165) is 32.1 Å². The summed E-state index contributed by atoms with van der Waals surface area (Å²) >= 11 is 0. The summed E-state index contributed by atoms with van der Waals surface area (Å²) in [6, 6.07) is 0. The van der Waals surface area contributed by atoms with E-state index in [-0.39, 0.29) is 24.8 Å². The van der Waals surface area contributed by atoms with Gasteiger partial charge in [-0.25, -0.2) is 0 Å². The molecule has 1 aliphatic carbocycles. The van der Waals surface area contributed by atoms with E-state index in [9.17, 15) is 14.4 Å². The number of hydrogen-bond donors (Lipinski definition) is 1. The molecule has 1 aliphatic heterocycles. The van der Waals surface area contributed by atoms with E-state index in [0.29, 0.717) is 12.8 Å². The molecule has 2 rings (SSSR count). The topological polar surface area (TPSA) is 74.7 Å². The predicted molar refractivity (Wildman–Crippen MR) is 63.7 cm³/mol. The van der Waals surface area contributed by atoms with Gasteiger partial charge in [-0.05, 0) is 19.3 Å². The maximum Gasteiger partial charge on any atom is 0.303 e. The van der Waals surface area contributed by atoms with Gasteiger partial charge in [0.2, 0.25) is 11.8 Å². The first kappa shape index (κ1) is 13.1. The lowest BCUT2D eigenvalue weighted by Gasteiger charge is -2.30. The number of carbonyl (C=O) groups is 3. The average Bonchev–Trinajstić information content (AvgIpc) is 2.54. The summed E-state index contributed by atoms with van der Waals surface area (Å²) in [6.07, 6.45) is 5.48. The Morgan fingerprint density at radius 3 is 2.50 bits per heavy atom. The van der Waals surface area contributed by atoms with Crippen molar-refractivity contribution in [3.63, 3.8) is 0 Å². The Bertz CT molecular complexity index is 371. The van der Waals surface area contributed by atoms with Gasteiger partial charge in [-0.2, -0.15) is 0 Å². The van der Waals surface area contributed by atoms with Crippen LogP contribution in [0.25, 0.3) is 0 Å². The summed E-state index contributed by atoms with van der Waals surface area (Å²) in [4.78, 5) is 35.9. The predicted octanol–water partition coefficient (Wildman–Crippen LogP) is 1.56. The first-order chi connectivity index (χ1) is 8.55. The van der Waals surface area contributed by atoms with Gasteiger partial charge in [0.25, 0.3) is 0 Å². The van der Waals surface area contributed by atoms with Gasteiger partial charge in [-0.15, -0.1) is 0 Å². The van der Waals surface area contributed by atoms with Crippen LogP contribution in [0.5, 0.6) is 0 Å². The van der Waals surface area contributed by atoms with Crippen LogP contribution in [-0.2, 0) is 14.4 Å². The maximum atomic E-state index is 12.3. The molecular weight excluding hydrogens is 234 g/mol. The zero-order valence-electron chi connectivity index (χ0n) is 10.5. The van der Waals surface area contributed by atoms with Crippen molar-refractivity contribution in [1.82, 2.24) is 4.90 Å². The third kappa shape index (κ3) is 2.40. The highest BCUT2D eigenvalue weighted by Gasteiger charge is 2.51. The van der Waals surface area contributed by atoms with Crippen molar-refractivity contribution >= 4 is 17.8 Å². The Morgan fingerprint density at radius 1 is 1.22 bits per heavy atom. The number of hydrogen-bond acceptors (Lipinski definition) is 3. The smallest absolute Gasteiger partial charge is 0.303 e. The summed E-state index contributed by atoms with van der Waals surface area (Å²) in [5.41, 5.74) is -0.446. The summed E-state index contributed by atoms with van der Waals surface area (Å²) in [5.74, 6) is -1.06. The van der Waals surface area contributed by atoms with Gasteiger partial charge in [-0.1, -0.05) is 19.3 Å². The van der Waals surface area contributed by atoms with Gasteiger partial charge in [0.05, 0.1) is 5.41 Å². The van der Waals surface area contributed by atoms with Crippen LogP contribution < -0.4 is 0 Å². The highest BCUT2D eigenvalue weighted by atomic mass is 16.4. The number of amides is 2. The minimum Gasteiger partial charge on any atom is -0.481 e. The molecule has 1 saturated heterocycles. The molecule has 0 aromatic rings. The van der Waals surface area contributed by atoms with Crippen LogP contribution in [0.3, 0.4) is 0 Å². The monoisotopic (exact) mass is 253 g/mol. The molecule has 5 heteroatoms. The van der Waals surface area contributed by atoms with Crippen LogP contribution >= 0.6 is 0 Å². The second kappa shape index (κ2) is 5.08. The molecule has 5 nitrogen and oxygen atoms in total. The number of aliphatic carboxylic acids is 1. The minimum absolute atomic E-state index is 0.00403. The molecule has 1 spiro atoms. The fourth-order valence-electron chi connectivity index (χ4n) is 3.09. The molecule has 18 heavy (non-hydrogen) atoms. The number of imide groups is 1. The third-order valence-electron chi connectivity index (χ3n) is 4.07. The summed E-state index contributed by atoms with van der Waals surface area (Å²) < 4.78 is 0. The zero-order chi connectivity index (χ0) is 13.2. The Hall–Kier alpha value is -1.39. The summed E-state index contributed by atoms with van der Waals surface area (Å²) in [5, 5.41) is 8.57. The van der Waals surface area contributed by atoms with Crippen molar-refractivity contribution in [3.8, 4) is 0 Å². The maximum absolute atomic E-state index is 12.3. The average molecular weight is 253 g/mol. The molecule has 1 saturated carbocycles. The Labute approximate surface area is 106 Å². The number of carboxylic acid groups (broad SMARTS) is 1. The minimum atomic E-state index is -0.888. The lowest BCUT2D eigenvalue weighted by atomic mass is 9.73. The van der Waals surface area contributed by atoms with Crippen molar-refractivity contribution in [1.29, 1.82) is 0 Å². The van der Waals surface area contributed by atoms with Crippen molar-refractivity contribution in [2.24, 2.45) is 5.41 Å². The lowest BCUT2D eigenvalue weighted by Crippen LogP contribution is -2.37. The second-order valence-electron chi connectivity index (χ2n) is 5.37. The molecule has 0 bridgehead atoms. The van der Waals surface area contributed by atoms with Crippen LogP contribution in [0.15, 0.2) is 0 Å². The molecule has 0 unspecified atom stereocenters. The Morgan fingerprint density at radius 2 is 1.89 bits per heavy atom. The van der Waals surface area contributed by atoms with Crippen LogP contribution in [0, 0.1) is 5.41 Å². The molecule has 1 N–H and O–H groups in total. The van der Waals surface area contributed by atoms with Gasteiger partial charge in [0, 0.05) is 19.4 Å². The largest absolute Gasteiger partial charge is 0.481 e.